The molecule has 0 aromatic heterocycles. The van der Waals surface area contributed by atoms with Gasteiger partial charge in [0.25, 0.3) is 0 Å². The van der Waals surface area contributed by atoms with Gasteiger partial charge in [-0.25, -0.2) is 0 Å². The van der Waals surface area contributed by atoms with Crippen LogP contribution in [-0.2, 0) is 22.6 Å². The van der Waals surface area contributed by atoms with Gasteiger partial charge < -0.3 is 10.1 Å². The first kappa shape index (κ1) is 26.2. The molecule has 2 N–H and O–H groups in total. The van der Waals surface area contributed by atoms with Crippen LogP contribution >= 0.6 is 17.2 Å². The number of rotatable bonds is 13. The van der Waals surface area contributed by atoms with E-state index in [1.807, 2.05) is 24.3 Å². The molecular formula is C30H32N2O2P2. The molecule has 4 aromatic rings. The maximum Gasteiger partial charge on any atom is 0.224 e. The largest absolute Gasteiger partial charge is 0.362 e. The molecule has 0 saturated heterocycles. The molecule has 4 rings (SSSR count). The Hall–Kier alpha value is -2.87. The van der Waals surface area contributed by atoms with Gasteiger partial charge in [-0.1, -0.05) is 126 Å². The SMILES string of the molecule is O=C(Cc1ccc(Pc2ccccc2)cc1)NCCNCOCc1ccc(Pc2ccccc2)cc1. The molecule has 1 amide bonds. The standard InChI is InChI=1S/C30H32N2O2P2/c33-30(21-24-11-15-28(16-12-24)35-26-7-3-1-4-8-26)32-20-19-31-23-34-22-25-13-17-29(18-14-25)36-27-9-5-2-6-10-27/h1-18,31,35-36H,19-23H2,(H,32,33). The third-order valence-electron chi connectivity index (χ3n) is 5.49. The molecule has 0 bridgehead atoms. The summed E-state index contributed by atoms with van der Waals surface area (Å²) in [5.74, 6) is 0.0345. The number of hydrogen-bond donors (Lipinski definition) is 2. The summed E-state index contributed by atoms with van der Waals surface area (Å²) < 4.78 is 5.71. The fourth-order valence-corrected chi connectivity index (χ4v) is 5.67. The van der Waals surface area contributed by atoms with E-state index < -0.39 is 0 Å². The minimum Gasteiger partial charge on any atom is -0.362 e. The normalized spacial score (nSPS) is 11.4. The third-order valence-corrected chi connectivity index (χ3v) is 7.98. The number of carbonyl (C=O) groups is 1. The van der Waals surface area contributed by atoms with Gasteiger partial charge in [0.2, 0.25) is 5.91 Å². The Bertz CT molecular complexity index is 1190. The van der Waals surface area contributed by atoms with Crippen molar-refractivity contribution in [1.82, 2.24) is 10.6 Å². The zero-order chi connectivity index (χ0) is 24.8. The Morgan fingerprint density at radius 3 is 1.67 bits per heavy atom. The maximum atomic E-state index is 12.2. The number of benzene rings is 4. The van der Waals surface area contributed by atoms with Crippen molar-refractivity contribution in [1.29, 1.82) is 0 Å². The number of amides is 1. The highest BCUT2D eigenvalue weighted by molar-refractivity contribution is 7.55. The Labute approximate surface area is 217 Å². The average Bonchev–Trinajstić information content (AvgIpc) is 2.91. The van der Waals surface area contributed by atoms with E-state index in [-0.39, 0.29) is 5.91 Å². The van der Waals surface area contributed by atoms with E-state index in [9.17, 15) is 4.79 Å². The Balaban J connectivity index is 1.05. The first-order valence-electron chi connectivity index (χ1n) is 12.1. The Morgan fingerprint density at radius 1 is 0.611 bits per heavy atom. The van der Waals surface area contributed by atoms with E-state index in [1.165, 1.54) is 21.2 Å². The highest BCUT2D eigenvalue weighted by Crippen LogP contribution is 2.12. The summed E-state index contributed by atoms with van der Waals surface area (Å²) in [6.07, 6.45) is 0.395. The fraction of sp³-hybridized carbons (Fsp3) is 0.167. The van der Waals surface area contributed by atoms with Crippen molar-refractivity contribution in [3.8, 4) is 0 Å². The second kappa shape index (κ2) is 14.6. The Kier molecular flexibility index (Phi) is 10.6. The van der Waals surface area contributed by atoms with Crippen LogP contribution < -0.4 is 31.9 Å². The van der Waals surface area contributed by atoms with Gasteiger partial charge in [-0.2, -0.15) is 0 Å². The molecule has 0 aliphatic carbocycles. The Morgan fingerprint density at radius 2 is 1.11 bits per heavy atom. The van der Waals surface area contributed by atoms with Crippen LogP contribution in [0.1, 0.15) is 11.1 Å². The third kappa shape index (κ3) is 9.30. The first-order valence-corrected chi connectivity index (χ1v) is 14.1. The van der Waals surface area contributed by atoms with Crippen LogP contribution in [0.25, 0.3) is 0 Å². The van der Waals surface area contributed by atoms with Gasteiger partial charge in [-0.05, 0) is 32.3 Å². The predicted octanol–water partition coefficient (Wildman–Crippen LogP) is 3.37. The fourth-order valence-electron chi connectivity index (χ4n) is 3.62. The molecule has 184 valence electrons. The lowest BCUT2D eigenvalue weighted by Crippen LogP contribution is -2.33. The summed E-state index contributed by atoms with van der Waals surface area (Å²) in [6, 6.07) is 37.9. The molecule has 6 heteroatoms. The minimum absolute atomic E-state index is 0.0345. The van der Waals surface area contributed by atoms with Crippen molar-refractivity contribution < 1.29 is 9.53 Å². The number of nitrogens with one attached hydrogen (secondary N) is 2. The van der Waals surface area contributed by atoms with Gasteiger partial charge in [-0.3, -0.25) is 10.1 Å². The lowest BCUT2D eigenvalue weighted by Gasteiger charge is -2.09. The van der Waals surface area contributed by atoms with Crippen LogP contribution in [0.5, 0.6) is 0 Å². The molecule has 0 fully saturated rings. The van der Waals surface area contributed by atoms with Crippen LogP contribution in [-0.4, -0.2) is 25.7 Å². The maximum absolute atomic E-state index is 12.2. The van der Waals surface area contributed by atoms with E-state index in [2.05, 4.69) is 95.6 Å². The highest BCUT2D eigenvalue weighted by atomic mass is 31.1. The van der Waals surface area contributed by atoms with Crippen molar-refractivity contribution >= 4 is 44.3 Å². The zero-order valence-corrected chi connectivity index (χ0v) is 22.2. The molecule has 0 spiro atoms. The van der Waals surface area contributed by atoms with Crippen molar-refractivity contribution in [2.24, 2.45) is 0 Å². The van der Waals surface area contributed by atoms with E-state index in [0.717, 1.165) is 11.1 Å². The summed E-state index contributed by atoms with van der Waals surface area (Å²) in [5, 5.41) is 11.4. The summed E-state index contributed by atoms with van der Waals surface area (Å²) >= 11 is 0. The molecule has 0 heterocycles. The molecule has 2 unspecified atom stereocenters. The second-order valence-corrected chi connectivity index (χ2v) is 11.2. The van der Waals surface area contributed by atoms with Crippen molar-refractivity contribution in [2.75, 3.05) is 19.8 Å². The molecule has 0 aliphatic heterocycles. The van der Waals surface area contributed by atoms with Crippen molar-refractivity contribution in [2.45, 2.75) is 13.0 Å². The quantitative estimate of drug-likeness (QED) is 0.164. The first-order chi connectivity index (χ1) is 17.7. The van der Waals surface area contributed by atoms with E-state index in [1.54, 1.807) is 0 Å². The summed E-state index contributed by atoms with van der Waals surface area (Å²) in [4.78, 5) is 12.2. The van der Waals surface area contributed by atoms with Crippen LogP contribution in [0.15, 0.2) is 109 Å². The van der Waals surface area contributed by atoms with Crippen molar-refractivity contribution in [3.05, 3.63) is 120 Å². The molecule has 36 heavy (non-hydrogen) atoms. The predicted molar refractivity (Wildman–Crippen MR) is 155 cm³/mol. The van der Waals surface area contributed by atoms with Crippen molar-refractivity contribution in [3.63, 3.8) is 0 Å². The van der Waals surface area contributed by atoms with Crippen LogP contribution in [0.2, 0.25) is 0 Å². The molecule has 2 atom stereocenters. The molecule has 4 aromatic carbocycles. The number of ether oxygens (including phenoxy) is 1. The minimum atomic E-state index is 0.0345. The van der Waals surface area contributed by atoms with Gasteiger partial charge in [0.15, 0.2) is 0 Å². The number of hydrogen-bond acceptors (Lipinski definition) is 3. The molecule has 4 nitrogen and oxygen atoms in total. The van der Waals surface area contributed by atoms with Gasteiger partial charge in [-0.15, -0.1) is 0 Å². The second-order valence-electron chi connectivity index (χ2n) is 8.40. The van der Waals surface area contributed by atoms with Gasteiger partial charge >= 0.3 is 0 Å². The van der Waals surface area contributed by atoms with Crippen LogP contribution in [0.4, 0.5) is 0 Å². The van der Waals surface area contributed by atoms with E-state index >= 15 is 0 Å². The number of carbonyl (C=O) groups excluding carboxylic acids is 1. The molecule has 0 radical (unpaired) electrons. The van der Waals surface area contributed by atoms with Crippen LogP contribution in [0.3, 0.4) is 0 Å². The van der Waals surface area contributed by atoms with Gasteiger partial charge in [0, 0.05) is 13.1 Å². The van der Waals surface area contributed by atoms with Crippen LogP contribution in [0, 0.1) is 0 Å². The summed E-state index contributed by atoms with van der Waals surface area (Å²) in [6.45, 7) is 2.26. The van der Waals surface area contributed by atoms with Gasteiger partial charge in [0.1, 0.15) is 0 Å². The monoisotopic (exact) mass is 514 g/mol. The smallest absolute Gasteiger partial charge is 0.224 e. The van der Waals surface area contributed by atoms with E-state index in [0.29, 0.717) is 50.0 Å². The highest BCUT2D eigenvalue weighted by Gasteiger charge is 2.04. The van der Waals surface area contributed by atoms with E-state index in [4.69, 9.17) is 4.74 Å². The topological polar surface area (TPSA) is 50.4 Å². The lowest BCUT2D eigenvalue weighted by molar-refractivity contribution is -0.120. The molecule has 0 saturated carbocycles. The average molecular weight is 515 g/mol. The molecule has 0 aliphatic rings. The zero-order valence-electron chi connectivity index (χ0n) is 20.2. The lowest BCUT2D eigenvalue weighted by atomic mass is 10.1. The van der Waals surface area contributed by atoms with Gasteiger partial charge in [0.05, 0.1) is 19.8 Å². The molecular weight excluding hydrogens is 482 g/mol. The summed E-state index contributed by atoms with van der Waals surface area (Å²) in [7, 11) is 1.30. The summed E-state index contributed by atoms with van der Waals surface area (Å²) in [5.41, 5.74) is 2.18.